The van der Waals surface area contributed by atoms with E-state index in [0.717, 1.165) is 18.5 Å². The molecule has 1 heterocycles. The van der Waals surface area contributed by atoms with Crippen LogP contribution in [0.4, 0.5) is 4.39 Å². The third-order valence-electron chi connectivity index (χ3n) is 3.19. The highest BCUT2D eigenvalue weighted by molar-refractivity contribution is 9.10. The minimum atomic E-state index is -0.259. The van der Waals surface area contributed by atoms with Gasteiger partial charge in [0.15, 0.2) is 0 Å². The molecule has 0 bridgehead atoms. The number of halogens is 2. The summed E-state index contributed by atoms with van der Waals surface area (Å²) in [5, 5.41) is 3.36. The van der Waals surface area contributed by atoms with Crippen molar-refractivity contribution in [2.75, 3.05) is 13.7 Å². The fraction of sp³-hybridized carbons (Fsp3) is 0.312. The van der Waals surface area contributed by atoms with Crippen molar-refractivity contribution in [3.05, 3.63) is 58.1 Å². The molecule has 0 spiro atoms. The van der Waals surface area contributed by atoms with Gasteiger partial charge in [-0.05, 0) is 46.6 Å². The molecule has 0 saturated carbocycles. The van der Waals surface area contributed by atoms with Gasteiger partial charge in [0, 0.05) is 11.8 Å². The quantitative estimate of drug-likeness (QED) is 0.850. The highest BCUT2D eigenvalue weighted by Crippen LogP contribution is 2.29. The van der Waals surface area contributed by atoms with E-state index in [-0.39, 0.29) is 11.9 Å². The molecule has 2 aromatic rings. The Morgan fingerprint density at radius 2 is 2.19 bits per heavy atom. The molecule has 2 rings (SSSR count). The Bertz CT molecular complexity index is 607. The van der Waals surface area contributed by atoms with Gasteiger partial charge in [0.2, 0.25) is 0 Å². The maximum absolute atomic E-state index is 14.4. The Morgan fingerprint density at radius 1 is 1.38 bits per heavy atom. The van der Waals surface area contributed by atoms with Crippen molar-refractivity contribution in [3.8, 4) is 5.75 Å². The number of pyridine rings is 1. The van der Waals surface area contributed by atoms with Gasteiger partial charge in [0.1, 0.15) is 11.6 Å². The lowest BCUT2D eigenvalue weighted by atomic mass is 9.99. The Morgan fingerprint density at radius 3 is 2.90 bits per heavy atom. The summed E-state index contributed by atoms with van der Waals surface area (Å²) in [6.07, 6.45) is 4.33. The van der Waals surface area contributed by atoms with Crippen molar-refractivity contribution in [2.45, 2.75) is 19.4 Å². The Balaban J connectivity index is 2.44. The summed E-state index contributed by atoms with van der Waals surface area (Å²) < 4.78 is 20.1. The molecular formula is C16H18BrFN2O. The molecule has 0 amide bonds. The second-order valence-corrected chi connectivity index (χ2v) is 5.54. The van der Waals surface area contributed by atoms with E-state index in [9.17, 15) is 4.39 Å². The number of hydrogen-bond donors (Lipinski definition) is 1. The highest BCUT2D eigenvalue weighted by Gasteiger charge is 2.19. The van der Waals surface area contributed by atoms with Crippen LogP contribution in [0.5, 0.6) is 5.75 Å². The molecule has 1 aromatic carbocycles. The zero-order valence-electron chi connectivity index (χ0n) is 12.1. The standard InChI is InChI=1S/C16H18BrFN2O/c1-3-7-20-16(11-8-12(21-2)10-19-9-11)13-5-4-6-14(17)15(13)18/h4-6,8-10,16,20H,3,7H2,1-2H3. The molecule has 1 atom stereocenters. The number of benzene rings is 1. The first kappa shape index (κ1) is 15.9. The molecule has 1 unspecified atom stereocenters. The van der Waals surface area contributed by atoms with Gasteiger partial charge in [-0.15, -0.1) is 0 Å². The van der Waals surface area contributed by atoms with Crippen LogP contribution < -0.4 is 10.1 Å². The predicted octanol–water partition coefficient (Wildman–Crippen LogP) is 4.08. The summed E-state index contributed by atoms with van der Waals surface area (Å²) in [6.45, 7) is 2.86. The summed E-state index contributed by atoms with van der Waals surface area (Å²) >= 11 is 3.24. The maximum atomic E-state index is 14.4. The van der Waals surface area contributed by atoms with E-state index < -0.39 is 0 Å². The van der Waals surface area contributed by atoms with Crippen LogP contribution in [0.3, 0.4) is 0 Å². The van der Waals surface area contributed by atoms with Crippen molar-refractivity contribution in [1.29, 1.82) is 0 Å². The van der Waals surface area contributed by atoms with Crippen LogP contribution in [0, 0.1) is 5.82 Å². The number of nitrogens with zero attached hydrogens (tertiary/aromatic N) is 1. The second-order valence-electron chi connectivity index (χ2n) is 4.69. The van der Waals surface area contributed by atoms with Crippen molar-refractivity contribution >= 4 is 15.9 Å². The summed E-state index contributed by atoms with van der Waals surface area (Å²) in [6, 6.07) is 6.93. The van der Waals surface area contributed by atoms with Crippen LogP contribution in [0.25, 0.3) is 0 Å². The average molecular weight is 353 g/mol. The summed E-state index contributed by atoms with van der Waals surface area (Å²) in [7, 11) is 1.59. The Hall–Kier alpha value is -1.46. The van der Waals surface area contributed by atoms with Crippen LogP contribution in [-0.4, -0.2) is 18.6 Å². The molecule has 0 aliphatic heterocycles. The van der Waals surface area contributed by atoms with Crippen LogP contribution in [0.15, 0.2) is 41.1 Å². The second kappa shape index (κ2) is 7.52. The van der Waals surface area contributed by atoms with E-state index in [0.29, 0.717) is 15.8 Å². The molecule has 5 heteroatoms. The van der Waals surface area contributed by atoms with Gasteiger partial charge in [0.05, 0.1) is 23.8 Å². The smallest absolute Gasteiger partial charge is 0.142 e. The summed E-state index contributed by atoms with van der Waals surface area (Å²) in [5.74, 6) is 0.403. The van der Waals surface area contributed by atoms with E-state index in [4.69, 9.17) is 4.74 Å². The molecule has 0 saturated heterocycles. The minimum absolute atomic E-state index is 0.256. The highest BCUT2D eigenvalue weighted by atomic mass is 79.9. The first-order chi connectivity index (χ1) is 10.2. The molecule has 21 heavy (non-hydrogen) atoms. The molecule has 3 nitrogen and oxygen atoms in total. The zero-order valence-corrected chi connectivity index (χ0v) is 13.7. The number of ether oxygens (including phenoxy) is 1. The third kappa shape index (κ3) is 3.80. The van der Waals surface area contributed by atoms with E-state index in [2.05, 4.69) is 33.2 Å². The van der Waals surface area contributed by atoms with Crippen molar-refractivity contribution in [2.24, 2.45) is 0 Å². The summed E-state index contributed by atoms with van der Waals surface area (Å²) in [4.78, 5) is 4.16. The van der Waals surface area contributed by atoms with E-state index in [1.165, 1.54) is 0 Å². The molecule has 0 radical (unpaired) electrons. The molecule has 1 aromatic heterocycles. The van der Waals surface area contributed by atoms with Crippen molar-refractivity contribution < 1.29 is 9.13 Å². The van der Waals surface area contributed by atoms with Crippen LogP contribution in [0.1, 0.15) is 30.5 Å². The van der Waals surface area contributed by atoms with Crippen LogP contribution >= 0.6 is 15.9 Å². The van der Waals surface area contributed by atoms with E-state index >= 15 is 0 Å². The molecule has 1 N–H and O–H groups in total. The van der Waals surface area contributed by atoms with Gasteiger partial charge >= 0.3 is 0 Å². The molecular weight excluding hydrogens is 335 g/mol. The largest absolute Gasteiger partial charge is 0.495 e. The molecule has 112 valence electrons. The fourth-order valence-electron chi connectivity index (χ4n) is 2.14. The zero-order chi connectivity index (χ0) is 15.2. The minimum Gasteiger partial charge on any atom is -0.495 e. The van der Waals surface area contributed by atoms with Gasteiger partial charge < -0.3 is 10.1 Å². The lowest BCUT2D eigenvalue weighted by Crippen LogP contribution is -2.24. The number of hydrogen-bond acceptors (Lipinski definition) is 3. The number of nitrogens with one attached hydrogen (secondary N) is 1. The van der Waals surface area contributed by atoms with Crippen molar-refractivity contribution in [1.82, 2.24) is 10.3 Å². The topological polar surface area (TPSA) is 34.2 Å². The Labute approximate surface area is 132 Å². The predicted molar refractivity (Wildman–Crippen MR) is 85.0 cm³/mol. The lowest BCUT2D eigenvalue weighted by molar-refractivity contribution is 0.411. The van der Waals surface area contributed by atoms with Gasteiger partial charge in [-0.25, -0.2) is 4.39 Å². The van der Waals surface area contributed by atoms with E-state index in [1.807, 2.05) is 12.1 Å². The van der Waals surface area contributed by atoms with E-state index in [1.54, 1.807) is 31.6 Å². The third-order valence-corrected chi connectivity index (χ3v) is 3.81. The first-order valence-electron chi connectivity index (χ1n) is 6.83. The van der Waals surface area contributed by atoms with Crippen molar-refractivity contribution in [3.63, 3.8) is 0 Å². The van der Waals surface area contributed by atoms with Crippen LogP contribution in [-0.2, 0) is 0 Å². The SMILES string of the molecule is CCCNC(c1cncc(OC)c1)c1cccc(Br)c1F. The summed E-state index contributed by atoms with van der Waals surface area (Å²) in [5.41, 5.74) is 1.47. The average Bonchev–Trinajstić information content (AvgIpc) is 2.52. The number of methoxy groups -OCH3 is 1. The first-order valence-corrected chi connectivity index (χ1v) is 7.63. The molecule has 0 fully saturated rings. The van der Waals surface area contributed by atoms with Gasteiger partial charge in [-0.1, -0.05) is 19.1 Å². The Kier molecular flexibility index (Phi) is 5.70. The molecule has 0 aliphatic carbocycles. The normalized spacial score (nSPS) is 12.2. The van der Waals surface area contributed by atoms with Gasteiger partial charge in [-0.2, -0.15) is 0 Å². The number of aromatic nitrogens is 1. The number of rotatable bonds is 6. The van der Waals surface area contributed by atoms with Crippen LogP contribution in [0.2, 0.25) is 0 Å². The fourth-order valence-corrected chi connectivity index (χ4v) is 2.53. The monoisotopic (exact) mass is 352 g/mol. The maximum Gasteiger partial charge on any atom is 0.142 e. The molecule has 0 aliphatic rings. The van der Waals surface area contributed by atoms with Gasteiger partial charge in [0.25, 0.3) is 0 Å². The lowest BCUT2D eigenvalue weighted by Gasteiger charge is -2.20. The van der Waals surface area contributed by atoms with Gasteiger partial charge in [-0.3, -0.25) is 4.98 Å².